The molecule has 0 aliphatic heterocycles. The van der Waals surface area contributed by atoms with Gasteiger partial charge in [-0.3, -0.25) is 0 Å². The molecule has 0 nitrogen and oxygen atoms in total. The lowest BCUT2D eigenvalue weighted by atomic mass is 9.93. The number of rotatable bonds is 2. The third-order valence-electron chi connectivity index (χ3n) is 2.04. The fourth-order valence-electron chi connectivity index (χ4n) is 1.27. The Balaban J connectivity index is 2.45. The van der Waals surface area contributed by atoms with Gasteiger partial charge in [0.15, 0.2) is 0 Å². The van der Waals surface area contributed by atoms with Gasteiger partial charge in [-0.1, -0.05) is 48.6 Å². The average Bonchev–Trinajstić information content (AvgIpc) is 2.09. The average molecular weight is 160 g/mol. The zero-order valence-electron chi connectivity index (χ0n) is 7.66. The van der Waals surface area contributed by atoms with Crippen molar-refractivity contribution in [2.24, 2.45) is 5.92 Å². The molecule has 0 spiro atoms. The Labute approximate surface area is 75.0 Å². The molecule has 0 fully saturated rings. The van der Waals surface area contributed by atoms with Gasteiger partial charge in [0.2, 0.25) is 0 Å². The molecule has 0 aromatic rings. The fraction of sp³-hybridized carbons (Fsp3) is 0.333. The summed E-state index contributed by atoms with van der Waals surface area (Å²) in [6.45, 7) is 5.95. The molecule has 0 aromatic heterocycles. The summed E-state index contributed by atoms with van der Waals surface area (Å²) in [7, 11) is 0. The van der Waals surface area contributed by atoms with Gasteiger partial charge in [0.1, 0.15) is 0 Å². The van der Waals surface area contributed by atoms with Crippen molar-refractivity contribution in [2.45, 2.75) is 19.8 Å². The molecule has 0 heteroatoms. The molecule has 0 amide bonds. The Kier molecular flexibility index (Phi) is 3.59. The number of hydrogen-bond donors (Lipinski definition) is 0. The molecule has 0 aromatic carbocycles. The van der Waals surface area contributed by atoms with Crippen molar-refractivity contribution >= 4 is 0 Å². The highest BCUT2D eigenvalue weighted by atomic mass is 14.1. The maximum Gasteiger partial charge on any atom is -0.00440 e. The van der Waals surface area contributed by atoms with Crippen molar-refractivity contribution in [2.75, 3.05) is 0 Å². The van der Waals surface area contributed by atoms with Crippen molar-refractivity contribution in [3.8, 4) is 0 Å². The molecule has 0 saturated heterocycles. The smallest absolute Gasteiger partial charge is 0.00440 e. The monoisotopic (exact) mass is 160 g/mol. The topological polar surface area (TPSA) is 0 Å². The van der Waals surface area contributed by atoms with E-state index >= 15 is 0 Å². The molecule has 1 unspecified atom stereocenters. The van der Waals surface area contributed by atoms with Crippen LogP contribution in [0.4, 0.5) is 0 Å². The van der Waals surface area contributed by atoms with Crippen LogP contribution in [0.15, 0.2) is 48.6 Å². The molecule has 0 heterocycles. The van der Waals surface area contributed by atoms with Crippen molar-refractivity contribution in [1.29, 1.82) is 0 Å². The van der Waals surface area contributed by atoms with Gasteiger partial charge in [0.05, 0.1) is 0 Å². The van der Waals surface area contributed by atoms with Gasteiger partial charge in [-0.15, -0.1) is 0 Å². The lowest BCUT2D eigenvalue weighted by molar-refractivity contribution is 0.691. The van der Waals surface area contributed by atoms with E-state index in [4.69, 9.17) is 0 Å². The first-order valence-corrected chi connectivity index (χ1v) is 4.48. The Morgan fingerprint density at radius 2 is 2.33 bits per heavy atom. The molecule has 0 N–H and O–H groups in total. The predicted molar refractivity (Wildman–Crippen MR) is 55.0 cm³/mol. The van der Waals surface area contributed by atoms with Crippen LogP contribution < -0.4 is 0 Å². The van der Waals surface area contributed by atoms with Gasteiger partial charge in [0.25, 0.3) is 0 Å². The Bertz CT molecular complexity index is 228. The molecule has 64 valence electrons. The van der Waals surface area contributed by atoms with Crippen LogP contribution in [-0.4, -0.2) is 0 Å². The van der Waals surface area contributed by atoms with Gasteiger partial charge in [-0.2, -0.15) is 0 Å². The molecular formula is C12H16. The Morgan fingerprint density at radius 1 is 1.50 bits per heavy atom. The summed E-state index contributed by atoms with van der Waals surface area (Å²) >= 11 is 0. The summed E-state index contributed by atoms with van der Waals surface area (Å²) < 4.78 is 0. The standard InChI is InChI=1S/C12H16/c1-3-4-5-6-12-9-7-11(2)8-10-12/h3-7,9,12H,2,8,10H2,1H3/b4-3+,6-5+. The molecule has 0 saturated carbocycles. The molecule has 1 rings (SSSR count). The minimum Gasteiger partial charge on any atom is -0.0958 e. The molecule has 1 aliphatic carbocycles. The van der Waals surface area contributed by atoms with E-state index in [1.165, 1.54) is 12.0 Å². The largest absolute Gasteiger partial charge is 0.0958 e. The Morgan fingerprint density at radius 3 is 2.92 bits per heavy atom. The highest BCUT2D eigenvalue weighted by molar-refractivity contribution is 5.22. The van der Waals surface area contributed by atoms with Crippen LogP contribution in [0.2, 0.25) is 0 Å². The van der Waals surface area contributed by atoms with E-state index < -0.39 is 0 Å². The van der Waals surface area contributed by atoms with Crippen LogP contribution in [0.5, 0.6) is 0 Å². The quantitative estimate of drug-likeness (QED) is 0.541. The summed E-state index contributed by atoms with van der Waals surface area (Å²) in [5.41, 5.74) is 1.26. The third-order valence-corrected chi connectivity index (χ3v) is 2.04. The van der Waals surface area contributed by atoms with E-state index in [0.717, 1.165) is 6.42 Å². The molecule has 12 heavy (non-hydrogen) atoms. The van der Waals surface area contributed by atoms with Crippen molar-refractivity contribution in [3.63, 3.8) is 0 Å². The molecule has 1 aliphatic rings. The van der Waals surface area contributed by atoms with Crippen LogP contribution in [-0.2, 0) is 0 Å². The Hall–Kier alpha value is -1.04. The van der Waals surface area contributed by atoms with Crippen molar-refractivity contribution < 1.29 is 0 Å². The van der Waals surface area contributed by atoms with Crippen LogP contribution in [0.3, 0.4) is 0 Å². The zero-order valence-corrected chi connectivity index (χ0v) is 7.66. The van der Waals surface area contributed by atoms with E-state index in [0.29, 0.717) is 5.92 Å². The molecule has 1 atom stereocenters. The van der Waals surface area contributed by atoms with Gasteiger partial charge >= 0.3 is 0 Å². The minimum absolute atomic E-state index is 0.617. The van der Waals surface area contributed by atoms with Crippen LogP contribution in [0.1, 0.15) is 19.8 Å². The maximum atomic E-state index is 3.92. The second-order valence-electron chi connectivity index (χ2n) is 3.13. The summed E-state index contributed by atoms with van der Waals surface area (Å²) in [5, 5.41) is 0. The first-order chi connectivity index (χ1) is 5.83. The van der Waals surface area contributed by atoms with Crippen molar-refractivity contribution in [3.05, 3.63) is 48.6 Å². The third kappa shape index (κ3) is 2.91. The summed E-state index contributed by atoms with van der Waals surface area (Å²) in [6, 6.07) is 0. The van der Waals surface area contributed by atoms with Gasteiger partial charge in [-0.25, -0.2) is 0 Å². The lowest BCUT2D eigenvalue weighted by Gasteiger charge is -2.12. The normalized spacial score (nSPS) is 24.4. The molecular weight excluding hydrogens is 144 g/mol. The van der Waals surface area contributed by atoms with Crippen LogP contribution >= 0.6 is 0 Å². The first-order valence-electron chi connectivity index (χ1n) is 4.48. The number of hydrogen-bond acceptors (Lipinski definition) is 0. The minimum atomic E-state index is 0.617. The molecule has 0 bridgehead atoms. The molecule has 0 radical (unpaired) electrons. The fourth-order valence-corrected chi connectivity index (χ4v) is 1.27. The van der Waals surface area contributed by atoms with E-state index in [1.807, 2.05) is 13.0 Å². The van der Waals surface area contributed by atoms with Gasteiger partial charge in [0, 0.05) is 0 Å². The van der Waals surface area contributed by atoms with E-state index in [9.17, 15) is 0 Å². The maximum absolute atomic E-state index is 3.92. The van der Waals surface area contributed by atoms with Gasteiger partial charge in [-0.05, 0) is 25.7 Å². The van der Waals surface area contributed by atoms with E-state index in [1.54, 1.807) is 0 Å². The van der Waals surface area contributed by atoms with Crippen molar-refractivity contribution in [1.82, 2.24) is 0 Å². The number of allylic oxidation sites excluding steroid dienone is 7. The lowest BCUT2D eigenvalue weighted by Crippen LogP contribution is -1.97. The second kappa shape index (κ2) is 4.76. The SMILES string of the molecule is C=C1C=CC(/C=C/C=C/C)CC1. The highest BCUT2D eigenvalue weighted by Crippen LogP contribution is 2.20. The predicted octanol–water partition coefficient (Wildman–Crippen LogP) is 3.64. The highest BCUT2D eigenvalue weighted by Gasteiger charge is 2.05. The zero-order chi connectivity index (χ0) is 8.81. The van der Waals surface area contributed by atoms with Crippen LogP contribution in [0, 0.1) is 5.92 Å². The van der Waals surface area contributed by atoms with Gasteiger partial charge < -0.3 is 0 Å². The van der Waals surface area contributed by atoms with E-state index in [-0.39, 0.29) is 0 Å². The van der Waals surface area contributed by atoms with E-state index in [2.05, 4.69) is 37.0 Å². The summed E-state index contributed by atoms with van der Waals surface area (Å²) in [4.78, 5) is 0. The summed E-state index contributed by atoms with van der Waals surface area (Å²) in [6.07, 6.45) is 15.2. The summed E-state index contributed by atoms with van der Waals surface area (Å²) in [5.74, 6) is 0.617. The van der Waals surface area contributed by atoms with Crippen LogP contribution in [0.25, 0.3) is 0 Å². The second-order valence-corrected chi connectivity index (χ2v) is 3.13. The first kappa shape index (κ1) is 9.05.